The van der Waals surface area contributed by atoms with Crippen LogP contribution in [0.15, 0.2) is 29.2 Å². The number of carbonyl (C=O) groups is 2. The summed E-state index contributed by atoms with van der Waals surface area (Å²) in [5, 5.41) is 2.61. The van der Waals surface area contributed by atoms with Crippen molar-refractivity contribution in [3.8, 4) is 0 Å². The van der Waals surface area contributed by atoms with Gasteiger partial charge in [0.15, 0.2) is 0 Å². The molecule has 0 aliphatic carbocycles. The molecule has 98 valence electrons. The maximum Gasteiger partial charge on any atom is 0.251 e. The predicted molar refractivity (Wildman–Crippen MR) is 74.0 cm³/mol. The second-order valence-corrected chi connectivity index (χ2v) is 4.31. The van der Waals surface area contributed by atoms with Gasteiger partial charge in [-0.05, 0) is 38.1 Å². The molecule has 0 aliphatic heterocycles. The number of nitrogens with zero attached hydrogens (tertiary/aromatic N) is 1. The first kappa shape index (κ1) is 14.6. The van der Waals surface area contributed by atoms with E-state index in [0.717, 1.165) is 4.90 Å². The summed E-state index contributed by atoms with van der Waals surface area (Å²) in [6.07, 6.45) is 0. The minimum atomic E-state index is -0.246. The number of hydrogen-bond acceptors (Lipinski definition) is 3. The monoisotopic (exact) mass is 266 g/mol. The summed E-state index contributed by atoms with van der Waals surface area (Å²) in [6, 6.07) is 6.84. The summed E-state index contributed by atoms with van der Waals surface area (Å²) in [4.78, 5) is 25.9. The summed E-state index contributed by atoms with van der Waals surface area (Å²) in [6.45, 7) is 5.16. The zero-order valence-corrected chi connectivity index (χ0v) is 11.5. The predicted octanol–water partition coefficient (Wildman–Crippen LogP) is 1.57. The van der Waals surface area contributed by atoms with E-state index in [-0.39, 0.29) is 18.4 Å². The Balaban J connectivity index is 2.51. The Morgan fingerprint density at radius 3 is 2.22 bits per heavy atom. The normalized spacial score (nSPS) is 9.94. The number of likely N-dealkylation sites (N-methyl/N-ethyl adjacent to an activating group) is 1. The molecular weight excluding hydrogens is 248 g/mol. The van der Waals surface area contributed by atoms with Crippen LogP contribution in [0.25, 0.3) is 0 Å². The number of nitrogens with one attached hydrogen (secondary N) is 1. The number of benzene rings is 1. The molecule has 5 heteroatoms. The molecule has 0 bridgehead atoms. The van der Waals surface area contributed by atoms with Gasteiger partial charge in [-0.25, -0.2) is 0 Å². The number of rotatable bonds is 5. The fourth-order valence-electron chi connectivity index (χ4n) is 1.56. The summed E-state index contributed by atoms with van der Waals surface area (Å²) in [7, 11) is 0. The summed E-state index contributed by atoms with van der Waals surface area (Å²) >= 11 is 4.14. The molecule has 1 aromatic rings. The van der Waals surface area contributed by atoms with E-state index in [1.54, 1.807) is 29.2 Å². The van der Waals surface area contributed by atoms with E-state index in [2.05, 4.69) is 17.9 Å². The number of amides is 2. The lowest BCUT2D eigenvalue weighted by atomic mass is 10.2. The van der Waals surface area contributed by atoms with Crippen molar-refractivity contribution in [1.82, 2.24) is 10.2 Å². The largest absolute Gasteiger partial charge is 0.343 e. The van der Waals surface area contributed by atoms with Crippen LogP contribution >= 0.6 is 12.6 Å². The Hall–Kier alpha value is -1.49. The zero-order chi connectivity index (χ0) is 13.5. The molecular formula is C13H18N2O2S. The third-order valence-corrected chi connectivity index (χ3v) is 2.94. The van der Waals surface area contributed by atoms with E-state index >= 15 is 0 Å². The van der Waals surface area contributed by atoms with Crippen molar-refractivity contribution in [2.45, 2.75) is 18.7 Å². The van der Waals surface area contributed by atoms with Crippen LogP contribution in [0.2, 0.25) is 0 Å². The zero-order valence-electron chi connectivity index (χ0n) is 10.6. The molecule has 4 nitrogen and oxygen atoms in total. The molecule has 18 heavy (non-hydrogen) atoms. The average molecular weight is 266 g/mol. The molecule has 1 aromatic carbocycles. The van der Waals surface area contributed by atoms with E-state index in [4.69, 9.17) is 0 Å². The minimum Gasteiger partial charge on any atom is -0.343 e. The Morgan fingerprint density at radius 1 is 1.17 bits per heavy atom. The highest BCUT2D eigenvalue weighted by Crippen LogP contribution is 2.07. The smallest absolute Gasteiger partial charge is 0.251 e. The Labute approximate surface area is 113 Å². The molecule has 0 aromatic heterocycles. The summed E-state index contributed by atoms with van der Waals surface area (Å²) in [5.41, 5.74) is 0.528. The number of hydrogen-bond donors (Lipinski definition) is 2. The van der Waals surface area contributed by atoms with Gasteiger partial charge in [0.1, 0.15) is 0 Å². The van der Waals surface area contributed by atoms with Crippen LogP contribution < -0.4 is 5.32 Å². The topological polar surface area (TPSA) is 49.4 Å². The molecule has 0 spiro atoms. The lowest BCUT2D eigenvalue weighted by Gasteiger charge is -2.18. The van der Waals surface area contributed by atoms with Gasteiger partial charge in [0.2, 0.25) is 5.91 Å². The van der Waals surface area contributed by atoms with E-state index in [1.165, 1.54) is 0 Å². The summed E-state index contributed by atoms with van der Waals surface area (Å²) < 4.78 is 0. The van der Waals surface area contributed by atoms with Crippen LogP contribution in [-0.4, -0.2) is 36.3 Å². The van der Waals surface area contributed by atoms with Gasteiger partial charge in [-0.1, -0.05) is 0 Å². The minimum absolute atomic E-state index is 0.0309. The Kier molecular flexibility index (Phi) is 5.71. The second kappa shape index (κ2) is 7.06. The average Bonchev–Trinajstić information content (AvgIpc) is 2.38. The molecule has 0 atom stereocenters. The van der Waals surface area contributed by atoms with Crippen LogP contribution in [0.5, 0.6) is 0 Å². The van der Waals surface area contributed by atoms with Crippen LogP contribution in [0.3, 0.4) is 0 Å². The first-order valence-corrected chi connectivity index (χ1v) is 6.38. The van der Waals surface area contributed by atoms with E-state index in [0.29, 0.717) is 18.7 Å². The summed E-state index contributed by atoms with van der Waals surface area (Å²) in [5.74, 6) is -0.317. The van der Waals surface area contributed by atoms with Crippen molar-refractivity contribution in [1.29, 1.82) is 0 Å². The van der Waals surface area contributed by atoms with Gasteiger partial charge in [-0.2, -0.15) is 0 Å². The van der Waals surface area contributed by atoms with Gasteiger partial charge in [-0.15, -0.1) is 12.6 Å². The highest BCUT2D eigenvalue weighted by atomic mass is 32.1. The highest BCUT2D eigenvalue weighted by Gasteiger charge is 2.11. The van der Waals surface area contributed by atoms with Crippen LogP contribution in [0.1, 0.15) is 24.2 Å². The van der Waals surface area contributed by atoms with Crippen LogP contribution in [0, 0.1) is 0 Å². The lowest BCUT2D eigenvalue weighted by Crippen LogP contribution is -2.39. The molecule has 2 amide bonds. The van der Waals surface area contributed by atoms with Crippen LogP contribution in [-0.2, 0) is 4.79 Å². The molecule has 1 N–H and O–H groups in total. The van der Waals surface area contributed by atoms with Gasteiger partial charge in [0.25, 0.3) is 5.91 Å². The molecule has 0 saturated heterocycles. The third kappa shape index (κ3) is 4.07. The second-order valence-electron chi connectivity index (χ2n) is 3.80. The quantitative estimate of drug-likeness (QED) is 0.795. The van der Waals surface area contributed by atoms with Gasteiger partial charge in [0, 0.05) is 23.5 Å². The van der Waals surface area contributed by atoms with Crippen molar-refractivity contribution in [3.63, 3.8) is 0 Å². The molecule has 0 saturated carbocycles. The molecule has 0 heterocycles. The lowest BCUT2D eigenvalue weighted by molar-refractivity contribution is -0.129. The van der Waals surface area contributed by atoms with Crippen molar-refractivity contribution in [3.05, 3.63) is 29.8 Å². The molecule has 1 rings (SSSR count). The molecule has 0 fully saturated rings. The fraction of sp³-hybridized carbons (Fsp3) is 0.385. The number of carbonyl (C=O) groups excluding carboxylic acids is 2. The maximum absolute atomic E-state index is 11.8. The Bertz CT molecular complexity index is 414. The van der Waals surface area contributed by atoms with Gasteiger partial charge >= 0.3 is 0 Å². The third-order valence-electron chi connectivity index (χ3n) is 2.65. The maximum atomic E-state index is 11.8. The fourth-order valence-corrected chi connectivity index (χ4v) is 1.71. The van der Waals surface area contributed by atoms with Crippen molar-refractivity contribution >= 4 is 24.4 Å². The van der Waals surface area contributed by atoms with Crippen molar-refractivity contribution in [2.75, 3.05) is 19.6 Å². The SMILES string of the molecule is CCN(CC)C(=O)CNC(=O)c1ccc(S)cc1. The van der Waals surface area contributed by atoms with E-state index in [1.807, 2.05) is 13.8 Å². The number of thiol groups is 1. The van der Waals surface area contributed by atoms with Crippen molar-refractivity contribution < 1.29 is 9.59 Å². The van der Waals surface area contributed by atoms with Gasteiger partial charge in [0.05, 0.1) is 6.54 Å². The Morgan fingerprint density at radius 2 is 1.72 bits per heavy atom. The van der Waals surface area contributed by atoms with E-state index < -0.39 is 0 Å². The first-order valence-electron chi connectivity index (χ1n) is 5.93. The molecule has 0 radical (unpaired) electrons. The van der Waals surface area contributed by atoms with Gasteiger partial charge < -0.3 is 10.2 Å². The van der Waals surface area contributed by atoms with E-state index in [9.17, 15) is 9.59 Å². The first-order chi connectivity index (χ1) is 8.58. The van der Waals surface area contributed by atoms with Crippen LogP contribution in [0.4, 0.5) is 0 Å². The van der Waals surface area contributed by atoms with Crippen molar-refractivity contribution in [2.24, 2.45) is 0 Å². The molecule has 0 unspecified atom stereocenters. The highest BCUT2D eigenvalue weighted by molar-refractivity contribution is 7.80. The standard InChI is InChI=1S/C13H18N2O2S/c1-3-15(4-2)12(16)9-14-13(17)10-5-7-11(18)8-6-10/h5-8,18H,3-4,9H2,1-2H3,(H,14,17). The molecule has 0 aliphatic rings. The van der Waals surface area contributed by atoms with Gasteiger partial charge in [-0.3, -0.25) is 9.59 Å².